The largest absolute Gasteiger partial charge is 0.366 e. The molecule has 1 heterocycles. The van der Waals surface area contributed by atoms with Gasteiger partial charge in [0.2, 0.25) is 0 Å². The summed E-state index contributed by atoms with van der Waals surface area (Å²) < 4.78 is 5.60. The summed E-state index contributed by atoms with van der Waals surface area (Å²) in [6.45, 7) is 8.36. The molecular weight excluding hydrogens is 180 g/mol. The van der Waals surface area contributed by atoms with Crippen LogP contribution in [0.3, 0.4) is 0 Å². The number of epoxide rings is 1. The van der Waals surface area contributed by atoms with E-state index in [0.29, 0.717) is 6.10 Å². The lowest BCUT2D eigenvalue weighted by Gasteiger charge is -2.22. The van der Waals surface area contributed by atoms with Gasteiger partial charge in [0.25, 0.3) is 0 Å². The van der Waals surface area contributed by atoms with Gasteiger partial charge in [0.1, 0.15) is 0 Å². The van der Waals surface area contributed by atoms with Crippen molar-refractivity contribution in [1.29, 1.82) is 0 Å². The van der Waals surface area contributed by atoms with E-state index in [9.17, 15) is 0 Å². The molecule has 0 aromatic rings. The molecule has 2 rings (SSSR count). The standard InChI is InChI=1S/C10H16O.H3NO.H3N/c1-7(2)8-4-5-10(3)9(6-8)11-10;1-2;/h8-9H,1,4-6H2,2-3H3;2H,1H2;1H3. The third-order valence-corrected chi connectivity index (χ3v) is 3.22. The van der Waals surface area contributed by atoms with Gasteiger partial charge in [-0.2, -0.15) is 0 Å². The predicted octanol–water partition coefficient (Wildman–Crippen LogP) is 2.02. The molecule has 0 spiro atoms. The third kappa shape index (κ3) is 2.54. The van der Waals surface area contributed by atoms with Crippen molar-refractivity contribution in [3.05, 3.63) is 12.2 Å². The molecule has 4 heteroatoms. The molecule has 0 bridgehead atoms. The maximum atomic E-state index is 6.50. The minimum absolute atomic E-state index is 0. The maximum Gasteiger partial charge on any atom is 0.0920 e. The maximum absolute atomic E-state index is 6.50. The van der Waals surface area contributed by atoms with Gasteiger partial charge in [0.15, 0.2) is 0 Å². The minimum atomic E-state index is 0. The smallest absolute Gasteiger partial charge is 0.0920 e. The van der Waals surface area contributed by atoms with E-state index < -0.39 is 0 Å². The molecule has 84 valence electrons. The van der Waals surface area contributed by atoms with Crippen LogP contribution in [-0.2, 0) is 4.74 Å². The lowest BCUT2D eigenvalue weighted by atomic mass is 9.80. The van der Waals surface area contributed by atoms with Crippen LogP contribution in [0, 0.1) is 5.92 Å². The van der Waals surface area contributed by atoms with Crippen LogP contribution in [0.25, 0.3) is 0 Å². The average molecular weight is 202 g/mol. The van der Waals surface area contributed by atoms with Crippen LogP contribution in [-0.4, -0.2) is 16.9 Å². The minimum Gasteiger partial charge on any atom is -0.366 e. The monoisotopic (exact) mass is 202 g/mol. The second-order valence-electron chi connectivity index (χ2n) is 4.24. The average Bonchev–Trinajstić information content (AvgIpc) is 2.78. The van der Waals surface area contributed by atoms with Crippen molar-refractivity contribution in [2.75, 3.05) is 0 Å². The van der Waals surface area contributed by atoms with Crippen LogP contribution in [0.5, 0.6) is 0 Å². The van der Waals surface area contributed by atoms with Crippen LogP contribution in [0.1, 0.15) is 33.1 Å². The summed E-state index contributed by atoms with van der Waals surface area (Å²) in [6.07, 6.45) is 4.28. The van der Waals surface area contributed by atoms with Crippen molar-refractivity contribution in [2.45, 2.75) is 44.8 Å². The zero-order chi connectivity index (χ0) is 10.1. The summed E-state index contributed by atoms with van der Waals surface area (Å²) >= 11 is 0. The van der Waals surface area contributed by atoms with E-state index in [4.69, 9.17) is 9.94 Å². The Labute approximate surface area is 85.7 Å². The Kier molecular flexibility index (Phi) is 4.74. The highest BCUT2D eigenvalue weighted by molar-refractivity contribution is 5.10. The molecule has 6 N–H and O–H groups in total. The van der Waals surface area contributed by atoms with Gasteiger partial charge in [-0.3, -0.25) is 0 Å². The van der Waals surface area contributed by atoms with E-state index in [2.05, 4.69) is 26.3 Å². The first-order valence-corrected chi connectivity index (χ1v) is 4.71. The van der Waals surface area contributed by atoms with Crippen LogP contribution < -0.4 is 12.0 Å². The van der Waals surface area contributed by atoms with Crippen molar-refractivity contribution < 1.29 is 9.94 Å². The number of hydrogen-bond acceptors (Lipinski definition) is 4. The van der Waals surface area contributed by atoms with Crippen molar-refractivity contribution >= 4 is 0 Å². The van der Waals surface area contributed by atoms with Gasteiger partial charge >= 0.3 is 0 Å². The number of rotatable bonds is 1. The molecule has 2 fully saturated rings. The highest BCUT2D eigenvalue weighted by Crippen LogP contribution is 2.50. The zero-order valence-corrected chi connectivity index (χ0v) is 9.12. The molecule has 2 aliphatic rings. The lowest BCUT2D eigenvalue weighted by Crippen LogP contribution is -2.21. The Morgan fingerprint density at radius 3 is 2.57 bits per heavy atom. The second-order valence-corrected chi connectivity index (χ2v) is 4.24. The predicted molar refractivity (Wildman–Crippen MR) is 56.4 cm³/mol. The molecule has 3 atom stereocenters. The van der Waals surface area contributed by atoms with Gasteiger partial charge < -0.3 is 16.1 Å². The molecule has 1 aliphatic heterocycles. The van der Waals surface area contributed by atoms with Gasteiger partial charge in [0, 0.05) is 0 Å². The lowest BCUT2D eigenvalue weighted by molar-refractivity contribution is 0.303. The van der Waals surface area contributed by atoms with E-state index in [0.717, 1.165) is 5.92 Å². The van der Waals surface area contributed by atoms with Gasteiger partial charge in [-0.15, -0.1) is 0 Å². The molecule has 0 aromatic heterocycles. The molecular formula is C10H22N2O2. The summed E-state index contributed by atoms with van der Waals surface area (Å²) in [4.78, 5) is 0. The fourth-order valence-corrected chi connectivity index (χ4v) is 2.09. The van der Waals surface area contributed by atoms with E-state index in [1.54, 1.807) is 0 Å². The van der Waals surface area contributed by atoms with Crippen LogP contribution in [0.2, 0.25) is 0 Å². The second kappa shape index (κ2) is 4.89. The first-order chi connectivity index (χ1) is 6.12. The molecule has 3 unspecified atom stereocenters. The summed E-state index contributed by atoms with van der Waals surface area (Å²) in [7, 11) is 0. The van der Waals surface area contributed by atoms with E-state index >= 15 is 0 Å². The summed E-state index contributed by atoms with van der Waals surface area (Å²) in [6, 6.07) is 0. The molecule has 1 saturated carbocycles. The Balaban J connectivity index is 0.000000531. The normalized spacial score (nSPS) is 38.3. The molecule has 1 aliphatic carbocycles. The van der Waals surface area contributed by atoms with Gasteiger partial charge in [-0.25, -0.2) is 5.90 Å². The Hall–Kier alpha value is -0.420. The Morgan fingerprint density at radius 1 is 1.57 bits per heavy atom. The van der Waals surface area contributed by atoms with Gasteiger partial charge in [-0.05, 0) is 39.0 Å². The number of hydrogen-bond donors (Lipinski definition) is 3. The van der Waals surface area contributed by atoms with Crippen LogP contribution in [0.15, 0.2) is 12.2 Å². The fourth-order valence-electron chi connectivity index (χ4n) is 2.09. The molecule has 14 heavy (non-hydrogen) atoms. The molecule has 0 aromatic carbocycles. The molecule has 4 nitrogen and oxygen atoms in total. The summed E-state index contributed by atoms with van der Waals surface area (Å²) in [5.41, 5.74) is 1.61. The SMILES string of the molecule is C=C(C)C1CCC2(C)OC2C1.N.NO. The first kappa shape index (κ1) is 13.6. The Morgan fingerprint density at radius 2 is 2.14 bits per heavy atom. The van der Waals surface area contributed by atoms with Gasteiger partial charge in [-0.1, -0.05) is 12.2 Å². The topological polar surface area (TPSA) is 93.8 Å². The Bertz CT molecular complexity index is 208. The molecule has 1 saturated heterocycles. The van der Waals surface area contributed by atoms with E-state index in [1.807, 2.05) is 0 Å². The highest BCUT2D eigenvalue weighted by atomic mass is 16.6. The van der Waals surface area contributed by atoms with E-state index in [-0.39, 0.29) is 11.8 Å². The number of ether oxygens (including phenoxy) is 1. The molecule has 0 amide bonds. The van der Waals surface area contributed by atoms with Gasteiger partial charge in [0.05, 0.1) is 11.7 Å². The highest BCUT2D eigenvalue weighted by Gasteiger charge is 2.55. The zero-order valence-electron chi connectivity index (χ0n) is 9.12. The number of fused-ring (bicyclic) bond motifs is 1. The van der Waals surface area contributed by atoms with Crippen molar-refractivity contribution in [3.8, 4) is 0 Å². The van der Waals surface area contributed by atoms with Crippen LogP contribution >= 0.6 is 0 Å². The third-order valence-electron chi connectivity index (χ3n) is 3.22. The fraction of sp³-hybridized carbons (Fsp3) is 0.800. The summed E-state index contributed by atoms with van der Waals surface area (Å²) in [5, 5.41) is 6.50. The van der Waals surface area contributed by atoms with Crippen molar-refractivity contribution in [1.82, 2.24) is 6.15 Å². The number of nitrogens with two attached hydrogens (primary N) is 1. The van der Waals surface area contributed by atoms with Crippen molar-refractivity contribution in [3.63, 3.8) is 0 Å². The first-order valence-electron chi connectivity index (χ1n) is 4.71. The van der Waals surface area contributed by atoms with E-state index in [1.165, 1.54) is 24.8 Å². The summed E-state index contributed by atoms with van der Waals surface area (Å²) in [5.74, 6) is 4.23. The molecule has 0 radical (unpaired) electrons. The van der Waals surface area contributed by atoms with Crippen molar-refractivity contribution in [2.24, 2.45) is 11.8 Å². The van der Waals surface area contributed by atoms with Crippen LogP contribution in [0.4, 0.5) is 0 Å². The number of allylic oxidation sites excluding steroid dienone is 1. The quantitative estimate of drug-likeness (QED) is 0.344.